The lowest BCUT2D eigenvalue weighted by Gasteiger charge is -2.35. The SMILES string of the molecule is CCC1CCCCN1C(=O)CCNS(=O)(=O)c1ccc(OC)cc1. The smallest absolute Gasteiger partial charge is 0.240 e. The number of sulfonamides is 1. The predicted octanol–water partition coefficient (Wildman–Crippen LogP) is 2.15. The molecule has 2 rings (SSSR count). The second kappa shape index (κ2) is 8.48. The first-order valence-corrected chi connectivity index (χ1v) is 9.89. The number of hydrogen-bond donors (Lipinski definition) is 1. The van der Waals surface area contributed by atoms with Crippen LogP contribution in [0, 0.1) is 0 Å². The van der Waals surface area contributed by atoms with Crippen LogP contribution >= 0.6 is 0 Å². The van der Waals surface area contributed by atoms with Crippen molar-refractivity contribution < 1.29 is 17.9 Å². The van der Waals surface area contributed by atoms with Crippen molar-refractivity contribution in [1.29, 1.82) is 0 Å². The first-order chi connectivity index (χ1) is 11.5. The van der Waals surface area contributed by atoms with E-state index in [4.69, 9.17) is 4.74 Å². The highest BCUT2D eigenvalue weighted by Crippen LogP contribution is 2.20. The van der Waals surface area contributed by atoms with Gasteiger partial charge in [0.15, 0.2) is 0 Å². The second-order valence-electron chi connectivity index (χ2n) is 5.97. The number of likely N-dealkylation sites (tertiary alicyclic amines) is 1. The molecule has 24 heavy (non-hydrogen) atoms. The van der Waals surface area contributed by atoms with Crippen molar-refractivity contribution in [2.75, 3.05) is 20.2 Å². The lowest BCUT2D eigenvalue weighted by molar-refractivity contribution is -0.134. The molecule has 1 saturated heterocycles. The van der Waals surface area contributed by atoms with Crippen molar-refractivity contribution in [3.63, 3.8) is 0 Å². The molecule has 1 heterocycles. The highest BCUT2D eigenvalue weighted by atomic mass is 32.2. The molecule has 1 fully saturated rings. The number of rotatable bonds is 7. The van der Waals surface area contributed by atoms with Crippen LogP contribution in [0.3, 0.4) is 0 Å². The molecule has 0 aromatic heterocycles. The third-order valence-corrected chi connectivity index (χ3v) is 5.90. The molecule has 0 spiro atoms. The van der Waals surface area contributed by atoms with Crippen molar-refractivity contribution in [3.05, 3.63) is 24.3 Å². The summed E-state index contributed by atoms with van der Waals surface area (Å²) in [5.41, 5.74) is 0. The van der Waals surface area contributed by atoms with Gasteiger partial charge in [0.1, 0.15) is 5.75 Å². The van der Waals surface area contributed by atoms with Gasteiger partial charge < -0.3 is 9.64 Å². The maximum Gasteiger partial charge on any atom is 0.240 e. The summed E-state index contributed by atoms with van der Waals surface area (Å²) in [5.74, 6) is 0.624. The number of ether oxygens (including phenoxy) is 1. The van der Waals surface area contributed by atoms with Gasteiger partial charge in [-0.2, -0.15) is 0 Å². The molecule has 1 atom stereocenters. The lowest BCUT2D eigenvalue weighted by atomic mass is 9.99. The first-order valence-electron chi connectivity index (χ1n) is 8.41. The maximum atomic E-state index is 12.3. The third-order valence-electron chi connectivity index (χ3n) is 4.42. The first kappa shape index (κ1) is 18.7. The van der Waals surface area contributed by atoms with Gasteiger partial charge in [-0.15, -0.1) is 0 Å². The minimum absolute atomic E-state index is 0.0268. The molecule has 1 unspecified atom stereocenters. The van der Waals surface area contributed by atoms with Crippen LogP contribution in [0.5, 0.6) is 5.75 Å². The van der Waals surface area contributed by atoms with E-state index in [0.717, 1.165) is 32.2 Å². The summed E-state index contributed by atoms with van der Waals surface area (Å²) in [4.78, 5) is 14.4. The van der Waals surface area contributed by atoms with Crippen LogP contribution in [0.2, 0.25) is 0 Å². The van der Waals surface area contributed by atoms with E-state index < -0.39 is 10.0 Å². The molecule has 7 heteroatoms. The Morgan fingerprint density at radius 1 is 1.29 bits per heavy atom. The standard InChI is InChI=1S/C17H26N2O4S/c1-3-14-6-4-5-13-19(14)17(20)11-12-18-24(21,22)16-9-7-15(23-2)8-10-16/h7-10,14,18H,3-6,11-13H2,1-2H3. The molecule has 1 aromatic rings. The Labute approximate surface area is 144 Å². The number of hydrogen-bond acceptors (Lipinski definition) is 4. The van der Waals surface area contributed by atoms with E-state index in [1.54, 1.807) is 12.1 Å². The van der Waals surface area contributed by atoms with E-state index in [1.807, 2.05) is 4.90 Å². The molecule has 0 radical (unpaired) electrons. The number of carbonyl (C=O) groups excluding carboxylic acids is 1. The number of amides is 1. The van der Waals surface area contributed by atoms with Gasteiger partial charge in [-0.1, -0.05) is 6.92 Å². The van der Waals surface area contributed by atoms with Gasteiger partial charge in [0.2, 0.25) is 15.9 Å². The van der Waals surface area contributed by atoms with E-state index in [9.17, 15) is 13.2 Å². The summed E-state index contributed by atoms with van der Waals surface area (Å²) in [6.07, 6.45) is 4.36. The Morgan fingerprint density at radius 3 is 2.62 bits per heavy atom. The average molecular weight is 354 g/mol. The van der Waals surface area contributed by atoms with E-state index in [-0.39, 0.29) is 23.8 Å². The zero-order chi connectivity index (χ0) is 17.6. The number of carbonyl (C=O) groups is 1. The highest BCUT2D eigenvalue weighted by molar-refractivity contribution is 7.89. The Balaban J connectivity index is 1.88. The predicted molar refractivity (Wildman–Crippen MR) is 92.4 cm³/mol. The van der Waals surface area contributed by atoms with Gasteiger partial charge in [-0.3, -0.25) is 4.79 Å². The minimum atomic E-state index is -3.61. The summed E-state index contributed by atoms with van der Waals surface area (Å²) >= 11 is 0. The summed E-state index contributed by atoms with van der Waals surface area (Å²) < 4.78 is 32.0. The number of nitrogens with one attached hydrogen (secondary N) is 1. The number of piperidine rings is 1. The van der Waals surface area contributed by atoms with Crippen molar-refractivity contribution in [3.8, 4) is 5.75 Å². The molecule has 0 bridgehead atoms. The molecule has 1 aliphatic rings. The number of nitrogens with zero attached hydrogens (tertiary/aromatic N) is 1. The Bertz CT molecular complexity index is 643. The molecular weight excluding hydrogens is 328 g/mol. The molecule has 1 N–H and O–H groups in total. The van der Waals surface area contributed by atoms with E-state index in [0.29, 0.717) is 11.8 Å². The van der Waals surface area contributed by atoms with Crippen LogP contribution in [0.25, 0.3) is 0 Å². The van der Waals surface area contributed by atoms with E-state index in [1.165, 1.54) is 19.2 Å². The fourth-order valence-corrected chi connectivity index (χ4v) is 4.06. The molecule has 1 aliphatic heterocycles. The van der Waals surface area contributed by atoms with E-state index in [2.05, 4.69) is 11.6 Å². The Hall–Kier alpha value is -1.60. The zero-order valence-corrected chi connectivity index (χ0v) is 15.1. The molecule has 0 aliphatic carbocycles. The second-order valence-corrected chi connectivity index (χ2v) is 7.74. The summed E-state index contributed by atoms with van der Waals surface area (Å²) in [6.45, 7) is 2.98. The molecular formula is C17H26N2O4S. The van der Waals surface area contributed by atoms with Gasteiger partial charge in [0.05, 0.1) is 12.0 Å². The largest absolute Gasteiger partial charge is 0.497 e. The molecule has 0 saturated carbocycles. The van der Waals surface area contributed by atoms with Crippen LogP contribution in [0.4, 0.5) is 0 Å². The summed E-state index contributed by atoms with van der Waals surface area (Å²) in [6, 6.07) is 6.46. The maximum absolute atomic E-state index is 12.3. The van der Waals surface area contributed by atoms with Gasteiger partial charge >= 0.3 is 0 Å². The minimum Gasteiger partial charge on any atom is -0.497 e. The van der Waals surface area contributed by atoms with Crippen LogP contribution in [0.1, 0.15) is 39.0 Å². The fourth-order valence-electron chi connectivity index (χ4n) is 3.03. The quantitative estimate of drug-likeness (QED) is 0.814. The normalized spacial score (nSPS) is 18.4. The van der Waals surface area contributed by atoms with Crippen LogP contribution in [0.15, 0.2) is 29.2 Å². The molecule has 6 nitrogen and oxygen atoms in total. The topological polar surface area (TPSA) is 75.7 Å². The van der Waals surface area contributed by atoms with Crippen molar-refractivity contribution in [2.24, 2.45) is 0 Å². The Kier molecular flexibility index (Phi) is 6.62. The van der Waals surface area contributed by atoms with Gasteiger partial charge in [0.25, 0.3) is 0 Å². The molecule has 134 valence electrons. The van der Waals surface area contributed by atoms with Crippen molar-refractivity contribution in [2.45, 2.75) is 50.0 Å². The van der Waals surface area contributed by atoms with Gasteiger partial charge in [-0.05, 0) is 49.9 Å². The van der Waals surface area contributed by atoms with Crippen LogP contribution < -0.4 is 9.46 Å². The third kappa shape index (κ3) is 4.70. The fraction of sp³-hybridized carbons (Fsp3) is 0.588. The number of methoxy groups -OCH3 is 1. The number of benzene rings is 1. The van der Waals surface area contributed by atoms with Crippen LogP contribution in [-0.4, -0.2) is 45.5 Å². The molecule has 1 aromatic carbocycles. The van der Waals surface area contributed by atoms with Gasteiger partial charge in [0, 0.05) is 25.6 Å². The van der Waals surface area contributed by atoms with Crippen LogP contribution in [-0.2, 0) is 14.8 Å². The lowest BCUT2D eigenvalue weighted by Crippen LogP contribution is -2.44. The Morgan fingerprint density at radius 2 is 2.00 bits per heavy atom. The van der Waals surface area contributed by atoms with Crippen molar-refractivity contribution in [1.82, 2.24) is 9.62 Å². The molecule has 1 amide bonds. The van der Waals surface area contributed by atoms with Crippen molar-refractivity contribution >= 4 is 15.9 Å². The van der Waals surface area contributed by atoms with Gasteiger partial charge in [-0.25, -0.2) is 13.1 Å². The van der Waals surface area contributed by atoms with E-state index >= 15 is 0 Å². The highest BCUT2D eigenvalue weighted by Gasteiger charge is 2.25. The average Bonchev–Trinajstić information content (AvgIpc) is 2.61. The summed E-state index contributed by atoms with van der Waals surface area (Å²) in [5, 5.41) is 0. The summed E-state index contributed by atoms with van der Waals surface area (Å²) in [7, 11) is -2.08. The monoisotopic (exact) mass is 354 g/mol. The zero-order valence-electron chi connectivity index (χ0n) is 14.3.